The topological polar surface area (TPSA) is 84.5 Å². The van der Waals surface area contributed by atoms with Crippen LogP contribution in [-0.2, 0) is 10.0 Å². The number of benzene rings is 2. The van der Waals surface area contributed by atoms with Gasteiger partial charge in [0.15, 0.2) is 0 Å². The summed E-state index contributed by atoms with van der Waals surface area (Å²) in [5.41, 5.74) is 0.946. The Hall–Kier alpha value is -1.90. The first kappa shape index (κ1) is 17.5. The molecule has 2 rings (SSSR count). The van der Waals surface area contributed by atoms with Crippen LogP contribution in [0.3, 0.4) is 0 Å². The summed E-state index contributed by atoms with van der Waals surface area (Å²) in [5, 5.41) is 2.70. The molecular weight excluding hydrogens is 384 g/mol. The van der Waals surface area contributed by atoms with Crippen LogP contribution in [0.4, 0.5) is 5.69 Å². The summed E-state index contributed by atoms with van der Waals surface area (Å²) in [5.74, 6) is 0.320. The van der Waals surface area contributed by atoms with Gasteiger partial charge in [-0.15, -0.1) is 0 Å². The molecule has 0 heterocycles. The van der Waals surface area contributed by atoms with Crippen LogP contribution in [0.5, 0.6) is 5.75 Å². The van der Waals surface area contributed by atoms with Crippen molar-refractivity contribution in [3.05, 3.63) is 52.5 Å². The molecule has 23 heavy (non-hydrogen) atoms. The SMILES string of the molecule is CNS(=O)(=O)c1ccc(NC(=O)c2ccc(OC)c(Br)c2)cc1. The molecule has 0 radical (unpaired) electrons. The van der Waals surface area contributed by atoms with Crippen LogP contribution in [-0.4, -0.2) is 28.5 Å². The highest BCUT2D eigenvalue weighted by Gasteiger charge is 2.12. The third-order valence-corrected chi connectivity index (χ3v) is 5.16. The number of nitrogens with one attached hydrogen (secondary N) is 2. The summed E-state index contributed by atoms with van der Waals surface area (Å²) in [6.45, 7) is 0. The molecule has 0 aliphatic heterocycles. The first-order chi connectivity index (χ1) is 10.9. The predicted octanol–water partition coefficient (Wildman–Crippen LogP) is 2.62. The molecule has 0 aromatic heterocycles. The fourth-order valence-corrected chi connectivity index (χ4v) is 3.12. The van der Waals surface area contributed by atoms with Crippen molar-refractivity contribution in [3.63, 3.8) is 0 Å². The molecule has 2 aromatic carbocycles. The fourth-order valence-electron chi connectivity index (χ4n) is 1.85. The molecule has 8 heteroatoms. The zero-order valence-corrected chi connectivity index (χ0v) is 14.9. The molecule has 0 aliphatic rings. The molecule has 0 unspecified atom stereocenters. The average molecular weight is 399 g/mol. The molecule has 0 aliphatic carbocycles. The first-order valence-corrected chi connectivity index (χ1v) is 8.83. The van der Waals surface area contributed by atoms with Crippen molar-refractivity contribution in [2.45, 2.75) is 4.90 Å². The van der Waals surface area contributed by atoms with Crippen molar-refractivity contribution in [2.75, 3.05) is 19.5 Å². The van der Waals surface area contributed by atoms with Gasteiger partial charge in [0.05, 0.1) is 16.5 Å². The highest BCUT2D eigenvalue weighted by atomic mass is 79.9. The lowest BCUT2D eigenvalue weighted by molar-refractivity contribution is 0.102. The molecule has 122 valence electrons. The molecule has 0 atom stereocenters. The Labute approximate surface area is 143 Å². The van der Waals surface area contributed by atoms with E-state index in [0.717, 1.165) is 0 Å². The zero-order valence-electron chi connectivity index (χ0n) is 12.5. The Balaban J connectivity index is 2.16. The van der Waals surface area contributed by atoms with E-state index in [2.05, 4.69) is 26.0 Å². The van der Waals surface area contributed by atoms with Gasteiger partial charge in [-0.3, -0.25) is 4.79 Å². The van der Waals surface area contributed by atoms with Crippen molar-refractivity contribution in [1.29, 1.82) is 0 Å². The van der Waals surface area contributed by atoms with Crippen molar-refractivity contribution in [3.8, 4) is 5.75 Å². The van der Waals surface area contributed by atoms with Gasteiger partial charge in [-0.25, -0.2) is 13.1 Å². The highest BCUT2D eigenvalue weighted by Crippen LogP contribution is 2.26. The van der Waals surface area contributed by atoms with Gasteiger partial charge in [-0.05, 0) is 65.4 Å². The summed E-state index contributed by atoms with van der Waals surface area (Å²) in [6, 6.07) is 10.9. The molecule has 0 fully saturated rings. The summed E-state index contributed by atoms with van der Waals surface area (Å²) in [6.07, 6.45) is 0. The Morgan fingerprint density at radius 3 is 2.30 bits per heavy atom. The van der Waals surface area contributed by atoms with Crippen molar-refractivity contribution >= 4 is 37.5 Å². The number of ether oxygens (including phenoxy) is 1. The van der Waals surface area contributed by atoms with Gasteiger partial charge in [0.2, 0.25) is 10.0 Å². The van der Waals surface area contributed by atoms with Crippen LogP contribution < -0.4 is 14.8 Å². The Kier molecular flexibility index (Phi) is 5.40. The molecular formula is C15H15BrN2O4S. The lowest BCUT2D eigenvalue weighted by Gasteiger charge is -2.08. The lowest BCUT2D eigenvalue weighted by Crippen LogP contribution is -2.18. The summed E-state index contributed by atoms with van der Waals surface area (Å²) in [4.78, 5) is 12.3. The Morgan fingerprint density at radius 2 is 1.78 bits per heavy atom. The maximum absolute atomic E-state index is 12.2. The third kappa shape index (κ3) is 4.10. The molecule has 0 bridgehead atoms. The largest absolute Gasteiger partial charge is 0.496 e. The zero-order chi connectivity index (χ0) is 17.0. The number of methoxy groups -OCH3 is 1. The maximum Gasteiger partial charge on any atom is 0.255 e. The van der Waals surface area contributed by atoms with E-state index in [-0.39, 0.29) is 10.8 Å². The van der Waals surface area contributed by atoms with Crippen molar-refractivity contribution in [2.24, 2.45) is 0 Å². The second-order valence-electron chi connectivity index (χ2n) is 4.54. The second kappa shape index (κ2) is 7.12. The molecule has 2 N–H and O–H groups in total. The van der Waals surface area contributed by atoms with E-state index in [1.807, 2.05) is 0 Å². The second-order valence-corrected chi connectivity index (χ2v) is 7.28. The van der Waals surface area contributed by atoms with E-state index < -0.39 is 10.0 Å². The number of carbonyl (C=O) groups is 1. The van der Waals surface area contributed by atoms with Crippen LogP contribution >= 0.6 is 15.9 Å². The fraction of sp³-hybridized carbons (Fsp3) is 0.133. The van der Waals surface area contributed by atoms with Crippen molar-refractivity contribution < 1.29 is 17.9 Å². The minimum atomic E-state index is -3.49. The molecule has 2 aromatic rings. The molecule has 0 saturated carbocycles. The lowest BCUT2D eigenvalue weighted by atomic mass is 10.2. The van der Waals surface area contributed by atoms with Gasteiger partial charge >= 0.3 is 0 Å². The van der Waals surface area contributed by atoms with Crippen LogP contribution in [0.15, 0.2) is 51.8 Å². The van der Waals surface area contributed by atoms with Crippen molar-refractivity contribution in [1.82, 2.24) is 4.72 Å². The maximum atomic E-state index is 12.2. The number of rotatable bonds is 5. The number of anilines is 1. The molecule has 0 spiro atoms. The smallest absolute Gasteiger partial charge is 0.255 e. The van der Waals surface area contributed by atoms with Gasteiger partial charge in [0.1, 0.15) is 5.75 Å². The average Bonchev–Trinajstić information content (AvgIpc) is 2.55. The molecule has 6 nitrogen and oxygen atoms in total. The van der Waals surface area contributed by atoms with E-state index >= 15 is 0 Å². The standard InChI is InChI=1S/C15H15BrN2O4S/c1-17-23(20,21)12-6-4-11(5-7-12)18-15(19)10-3-8-14(22-2)13(16)9-10/h3-9,17H,1-2H3,(H,18,19). The Bertz CT molecular complexity index is 820. The summed E-state index contributed by atoms with van der Waals surface area (Å²) in [7, 11) is -0.610. The monoisotopic (exact) mass is 398 g/mol. The number of hydrogen-bond acceptors (Lipinski definition) is 4. The van der Waals surface area contributed by atoms with E-state index in [1.165, 1.54) is 31.3 Å². The minimum absolute atomic E-state index is 0.130. The van der Waals surface area contributed by atoms with Gasteiger partial charge < -0.3 is 10.1 Å². The van der Waals surface area contributed by atoms with Gasteiger partial charge in [-0.1, -0.05) is 0 Å². The van der Waals surface area contributed by atoms with E-state index in [9.17, 15) is 13.2 Å². The number of sulfonamides is 1. The summed E-state index contributed by atoms with van der Waals surface area (Å²) < 4.78 is 31.3. The summed E-state index contributed by atoms with van der Waals surface area (Å²) >= 11 is 3.32. The van der Waals surface area contributed by atoms with Crippen LogP contribution in [0, 0.1) is 0 Å². The van der Waals surface area contributed by atoms with E-state index in [4.69, 9.17) is 4.74 Å². The van der Waals surface area contributed by atoms with Crippen LogP contribution in [0.25, 0.3) is 0 Å². The van der Waals surface area contributed by atoms with Gasteiger partial charge in [0, 0.05) is 11.3 Å². The van der Waals surface area contributed by atoms with E-state index in [0.29, 0.717) is 21.5 Å². The van der Waals surface area contributed by atoms with E-state index in [1.54, 1.807) is 25.3 Å². The molecule has 1 amide bonds. The number of carbonyl (C=O) groups excluding carboxylic acids is 1. The van der Waals surface area contributed by atoms with Crippen LogP contribution in [0.1, 0.15) is 10.4 Å². The number of hydrogen-bond donors (Lipinski definition) is 2. The minimum Gasteiger partial charge on any atom is -0.496 e. The normalized spacial score (nSPS) is 11.1. The van der Waals surface area contributed by atoms with Crippen LogP contribution in [0.2, 0.25) is 0 Å². The first-order valence-electron chi connectivity index (χ1n) is 6.56. The molecule has 0 saturated heterocycles. The quantitative estimate of drug-likeness (QED) is 0.810. The Morgan fingerprint density at radius 1 is 1.13 bits per heavy atom. The number of halogens is 1. The van der Waals surface area contributed by atoms with Gasteiger partial charge in [-0.2, -0.15) is 0 Å². The highest BCUT2D eigenvalue weighted by molar-refractivity contribution is 9.10. The predicted molar refractivity (Wildman–Crippen MR) is 91.3 cm³/mol. The number of amides is 1. The van der Waals surface area contributed by atoms with Gasteiger partial charge in [0.25, 0.3) is 5.91 Å². The third-order valence-electron chi connectivity index (χ3n) is 3.11.